The van der Waals surface area contributed by atoms with Gasteiger partial charge >= 0.3 is 5.97 Å². The first-order valence-corrected chi connectivity index (χ1v) is 6.96. The molecule has 1 aromatic rings. The van der Waals surface area contributed by atoms with Crippen LogP contribution in [0, 0.1) is 11.7 Å². The van der Waals surface area contributed by atoms with E-state index >= 15 is 0 Å². The molecular formula is C15H20ClFN2O3. The molecule has 2 rings (SSSR count). The second kappa shape index (κ2) is 8.10. The SMILES string of the molecule is CC(C(=O)NCc1ccc(F)cc1)N1CCC(C(=O)O)C1.Cl. The van der Waals surface area contributed by atoms with Crippen LogP contribution in [0.5, 0.6) is 0 Å². The maximum Gasteiger partial charge on any atom is 0.307 e. The van der Waals surface area contributed by atoms with E-state index in [1.165, 1.54) is 12.1 Å². The van der Waals surface area contributed by atoms with Crippen LogP contribution in [-0.4, -0.2) is 41.0 Å². The number of aliphatic carboxylic acids is 1. The Morgan fingerprint density at radius 3 is 2.59 bits per heavy atom. The number of hydrogen-bond acceptors (Lipinski definition) is 3. The summed E-state index contributed by atoms with van der Waals surface area (Å²) in [5, 5.41) is 11.8. The summed E-state index contributed by atoms with van der Waals surface area (Å²) < 4.78 is 12.8. The van der Waals surface area contributed by atoms with Crippen LogP contribution < -0.4 is 5.32 Å². The van der Waals surface area contributed by atoms with E-state index in [1.54, 1.807) is 19.1 Å². The lowest BCUT2D eigenvalue weighted by molar-refractivity contribution is -0.141. The smallest absolute Gasteiger partial charge is 0.307 e. The summed E-state index contributed by atoms with van der Waals surface area (Å²) in [6.07, 6.45) is 0.574. The van der Waals surface area contributed by atoms with Crippen LogP contribution >= 0.6 is 12.4 Å². The molecule has 1 aliphatic rings. The van der Waals surface area contributed by atoms with Crippen molar-refractivity contribution in [2.24, 2.45) is 5.92 Å². The number of carbonyl (C=O) groups is 2. The fraction of sp³-hybridized carbons (Fsp3) is 0.467. The van der Waals surface area contributed by atoms with Gasteiger partial charge in [-0.1, -0.05) is 12.1 Å². The molecule has 7 heteroatoms. The molecule has 2 unspecified atom stereocenters. The molecule has 1 amide bonds. The highest BCUT2D eigenvalue weighted by molar-refractivity contribution is 5.85. The maximum atomic E-state index is 12.8. The average molecular weight is 331 g/mol. The minimum absolute atomic E-state index is 0. The van der Waals surface area contributed by atoms with Crippen molar-refractivity contribution in [3.8, 4) is 0 Å². The lowest BCUT2D eigenvalue weighted by atomic mass is 10.1. The van der Waals surface area contributed by atoms with Crippen molar-refractivity contribution in [2.45, 2.75) is 25.9 Å². The normalized spacial score (nSPS) is 19.3. The molecule has 1 saturated heterocycles. The molecule has 0 saturated carbocycles. The number of halogens is 2. The Balaban J connectivity index is 0.00000242. The first kappa shape index (κ1) is 18.4. The Bertz CT molecular complexity index is 524. The average Bonchev–Trinajstić information content (AvgIpc) is 2.95. The van der Waals surface area contributed by atoms with Crippen LogP contribution in [0.15, 0.2) is 24.3 Å². The molecule has 1 fully saturated rings. The van der Waals surface area contributed by atoms with Crippen molar-refractivity contribution in [3.63, 3.8) is 0 Å². The van der Waals surface area contributed by atoms with Crippen molar-refractivity contribution in [1.82, 2.24) is 10.2 Å². The van der Waals surface area contributed by atoms with Gasteiger partial charge in [-0.25, -0.2) is 4.39 Å². The molecule has 0 aliphatic carbocycles. The summed E-state index contributed by atoms with van der Waals surface area (Å²) in [6, 6.07) is 5.58. The van der Waals surface area contributed by atoms with Gasteiger partial charge in [0.25, 0.3) is 0 Å². The zero-order valence-corrected chi connectivity index (χ0v) is 13.1. The largest absolute Gasteiger partial charge is 0.481 e. The minimum atomic E-state index is -0.809. The van der Waals surface area contributed by atoms with Gasteiger partial charge in [0.05, 0.1) is 12.0 Å². The van der Waals surface area contributed by atoms with Gasteiger partial charge in [-0.2, -0.15) is 0 Å². The fourth-order valence-corrected chi connectivity index (χ4v) is 2.45. The van der Waals surface area contributed by atoms with Gasteiger partial charge in [-0.3, -0.25) is 14.5 Å². The number of amides is 1. The number of nitrogens with zero attached hydrogens (tertiary/aromatic N) is 1. The highest BCUT2D eigenvalue weighted by Crippen LogP contribution is 2.18. The zero-order valence-electron chi connectivity index (χ0n) is 12.3. The third-order valence-electron chi connectivity index (χ3n) is 3.88. The summed E-state index contributed by atoms with van der Waals surface area (Å²) in [5.41, 5.74) is 0.821. The van der Waals surface area contributed by atoms with Gasteiger partial charge in [0.2, 0.25) is 5.91 Å². The zero-order chi connectivity index (χ0) is 15.4. The number of carbonyl (C=O) groups excluding carboxylic acids is 1. The number of nitrogens with one attached hydrogen (secondary N) is 1. The molecule has 0 radical (unpaired) electrons. The molecule has 1 aromatic carbocycles. The van der Waals surface area contributed by atoms with Gasteiger partial charge in [-0.05, 0) is 37.6 Å². The Kier molecular flexibility index (Phi) is 6.77. The van der Waals surface area contributed by atoms with Crippen molar-refractivity contribution >= 4 is 24.3 Å². The van der Waals surface area contributed by atoms with Crippen molar-refractivity contribution in [3.05, 3.63) is 35.6 Å². The van der Waals surface area contributed by atoms with Crippen molar-refractivity contribution in [1.29, 1.82) is 0 Å². The molecule has 1 heterocycles. The van der Waals surface area contributed by atoms with Crippen molar-refractivity contribution < 1.29 is 19.1 Å². The van der Waals surface area contributed by atoms with Crippen LogP contribution in [0.3, 0.4) is 0 Å². The predicted octanol–water partition coefficient (Wildman–Crippen LogP) is 1.66. The van der Waals surface area contributed by atoms with E-state index in [-0.39, 0.29) is 30.2 Å². The van der Waals surface area contributed by atoms with Gasteiger partial charge in [0.15, 0.2) is 0 Å². The van der Waals surface area contributed by atoms with Gasteiger partial charge in [-0.15, -0.1) is 12.4 Å². The fourth-order valence-electron chi connectivity index (χ4n) is 2.45. The van der Waals surface area contributed by atoms with Gasteiger partial charge in [0, 0.05) is 13.1 Å². The van der Waals surface area contributed by atoms with Gasteiger partial charge < -0.3 is 10.4 Å². The first-order chi connectivity index (χ1) is 9.97. The summed E-state index contributed by atoms with van der Waals surface area (Å²) in [7, 11) is 0. The molecule has 5 nitrogen and oxygen atoms in total. The van der Waals surface area contributed by atoms with E-state index in [2.05, 4.69) is 5.32 Å². The topological polar surface area (TPSA) is 69.6 Å². The summed E-state index contributed by atoms with van der Waals surface area (Å²) >= 11 is 0. The molecule has 0 bridgehead atoms. The number of rotatable bonds is 5. The first-order valence-electron chi connectivity index (χ1n) is 6.96. The Morgan fingerprint density at radius 1 is 1.41 bits per heavy atom. The van der Waals surface area contributed by atoms with Crippen LogP contribution in [0.4, 0.5) is 4.39 Å². The second-order valence-electron chi connectivity index (χ2n) is 5.34. The molecular weight excluding hydrogens is 311 g/mol. The number of likely N-dealkylation sites (tertiary alicyclic amines) is 1. The Morgan fingerprint density at radius 2 is 2.05 bits per heavy atom. The number of hydrogen-bond donors (Lipinski definition) is 2. The molecule has 2 N–H and O–H groups in total. The summed E-state index contributed by atoms with van der Waals surface area (Å²) in [5.74, 6) is -1.66. The maximum absolute atomic E-state index is 12.8. The van der Waals surface area contributed by atoms with Crippen LogP contribution in [0.25, 0.3) is 0 Å². The lowest BCUT2D eigenvalue weighted by Crippen LogP contribution is -2.44. The molecule has 22 heavy (non-hydrogen) atoms. The third kappa shape index (κ3) is 4.68. The van der Waals surface area contributed by atoms with E-state index in [4.69, 9.17) is 5.11 Å². The Hall–Kier alpha value is -1.66. The van der Waals surface area contributed by atoms with Gasteiger partial charge in [0.1, 0.15) is 5.82 Å². The molecule has 122 valence electrons. The van der Waals surface area contributed by atoms with Crippen LogP contribution in [0.2, 0.25) is 0 Å². The minimum Gasteiger partial charge on any atom is -0.481 e. The highest BCUT2D eigenvalue weighted by Gasteiger charge is 2.32. The summed E-state index contributed by atoms with van der Waals surface area (Å²) in [6.45, 7) is 3.12. The van der Waals surface area contributed by atoms with Crippen LogP contribution in [0.1, 0.15) is 18.9 Å². The lowest BCUT2D eigenvalue weighted by Gasteiger charge is -2.23. The Labute approximate surface area is 134 Å². The highest BCUT2D eigenvalue weighted by atomic mass is 35.5. The molecule has 0 spiro atoms. The quantitative estimate of drug-likeness (QED) is 0.861. The number of benzene rings is 1. The van der Waals surface area contributed by atoms with Crippen molar-refractivity contribution in [2.75, 3.05) is 13.1 Å². The van der Waals surface area contributed by atoms with E-state index < -0.39 is 11.9 Å². The third-order valence-corrected chi connectivity index (χ3v) is 3.88. The van der Waals surface area contributed by atoms with E-state index in [1.807, 2.05) is 4.90 Å². The predicted molar refractivity (Wildman–Crippen MR) is 82.3 cm³/mol. The molecule has 2 atom stereocenters. The molecule has 1 aliphatic heterocycles. The molecule has 0 aromatic heterocycles. The summed E-state index contributed by atoms with van der Waals surface area (Å²) in [4.78, 5) is 24.9. The second-order valence-corrected chi connectivity index (χ2v) is 5.34. The number of carboxylic acids is 1. The monoisotopic (exact) mass is 330 g/mol. The van der Waals surface area contributed by atoms with E-state index in [0.717, 1.165) is 5.56 Å². The standard InChI is InChI=1S/C15H19FN2O3.ClH/c1-10(18-7-6-12(9-18)15(20)21)14(19)17-8-11-2-4-13(16)5-3-11;/h2-5,10,12H,6-9H2,1H3,(H,17,19)(H,20,21);1H. The van der Waals surface area contributed by atoms with E-state index in [0.29, 0.717) is 26.1 Å². The van der Waals surface area contributed by atoms with E-state index in [9.17, 15) is 14.0 Å². The van der Waals surface area contributed by atoms with Crippen LogP contribution in [-0.2, 0) is 16.1 Å². The number of carboxylic acid groups (broad SMARTS) is 1.